The average molecular weight is 288 g/mol. The van der Waals surface area contributed by atoms with Crippen LogP contribution in [0.2, 0.25) is 10.0 Å². The van der Waals surface area contributed by atoms with Crippen molar-refractivity contribution in [2.75, 3.05) is 13.2 Å². The zero-order valence-electron chi connectivity index (χ0n) is 10.8. The molecule has 1 aromatic carbocycles. The molecule has 1 N–H and O–H groups in total. The molecular formula is C14H19Cl2NO. The molecule has 0 aromatic heterocycles. The van der Waals surface area contributed by atoms with Crippen LogP contribution in [0.4, 0.5) is 0 Å². The Morgan fingerprint density at radius 1 is 1.44 bits per heavy atom. The highest BCUT2D eigenvalue weighted by Gasteiger charge is 2.29. The van der Waals surface area contributed by atoms with Crippen molar-refractivity contribution < 1.29 is 4.74 Å². The molecule has 100 valence electrons. The maximum atomic E-state index is 6.20. The Kier molecular flexibility index (Phi) is 4.54. The zero-order chi connectivity index (χ0) is 13.2. The molecule has 1 saturated heterocycles. The fourth-order valence-electron chi connectivity index (χ4n) is 2.31. The molecule has 1 aliphatic heterocycles. The smallest absolute Gasteiger partial charge is 0.0779 e. The largest absolute Gasteiger partial charge is 0.374 e. The molecule has 0 saturated carbocycles. The lowest BCUT2D eigenvalue weighted by Crippen LogP contribution is -2.38. The highest BCUT2D eigenvalue weighted by Crippen LogP contribution is 2.28. The SMILES string of the molecule is CC(NCC1(C)CCCO1)c1ccc(Cl)cc1Cl. The first-order chi connectivity index (χ1) is 8.50. The molecular weight excluding hydrogens is 269 g/mol. The summed E-state index contributed by atoms with van der Waals surface area (Å²) in [7, 11) is 0. The molecule has 1 aromatic rings. The van der Waals surface area contributed by atoms with Gasteiger partial charge in [-0.25, -0.2) is 0 Å². The van der Waals surface area contributed by atoms with Gasteiger partial charge in [-0.05, 0) is 44.4 Å². The molecule has 0 bridgehead atoms. The Labute approximate surface area is 119 Å². The zero-order valence-corrected chi connectivity index (χ0v) is 12.3. The molecule has 1 heterocycles. The highest BCUT2D eigenvalue weighted by atomic mass is 35.5. The van der Waals surface area contributed by atoms with E-state index in [1.54, 1.807) is 6.07 Å². The summed E-state index contributed by atoms with van der Waals surface area (Å²) in [5, 5.41) is 4.87. The van der Waals surface area contributed by atoms with Crippen LogP contribution in [-0.4, -0.2) is 18.8 Å². The van der Waals surface area contributed by atoms with Crippen molar-refractivity contribution >= 4 is 23.2 Å². The summed E-state index contributed by atoms with van der Waals surface area (Å²) in [4.78, 5) is 0. The van der Waals surface area contributed by atoms with E-state index >= 15 is 0 Å². The number of ether oxygens (including phenoxy) is 1. The Bertz CT molecular complexity index is 416. The van der Waals surface area contributed by atoms with Gasteiger partial charge in [-0.1, -0.05) is 29.3 Å². The average Bonchev–Trinajstić information content (AvgIpc) is 2.74. The van der Waals surface area contributed by atoms with Crippen molar-refractivity contribution in [1.29, 1.82) is 0 Å². The second-order valence-electron chi connectivity index (χ2n) is 5.17. The van der Waals surface area contributed by atoms with Crippen LogP contribution < -0.4 is 5.32 Å². The van der Waals surface area contributed by atoms with E-state index in [1.165, 1.54) is 0 Å². The van der Waals surface area contributed by atoms with Gasteiger partial charge in [0.25, 0.3) is 0 Å². The summed E-state index contributed by atoms with van der Waals surface area (Å²) in [5.74, 6) is 0. The maximum absolute atomic E-state index is 6.20. The molecule has 0 radical (unpaired) electrons. The van der Waals surface area contributed by atoms with Crippen LogP contribution in [0, 0.1) is 0 Å². The minimum atomic E-state index is -0.0346. The van der Waals surface area contributed by atoms with Crippen molar-refractivity contribution in [2.45, 2.75) is 38.3 Å². The van der Waals surface area contributed by atoms with E-state index in [0.29, 0.717) is 10.0 Å². The van der Waals surface area contributed by atoms with Gasteiger partial charge in [0.05, 0.1) is 5.60 Å². The molecule has 2 atom stereocenters. The lowest BCUT2D eigenvalue weighted by atomic mass is 10.0. The van der Waals surface area contributed by atoms with Crippen molar-refractivity contribution in [2.24, 2.45) is 0 Å². The van der Waals surface area contributed by atoms with Crippen LogP contribution in [-0.2, 0) is 4.74 Å². The molecule has 2 unspecified atom stereocenters. The van der Waals surface area contributed by atoms with Gasteiger partial charge in [0.1, 0.15) is 0 Å². The Morgan fingerprint density at radius 3 is 2.83 bits per heavy atom. The predicted molar refractivity (Wildman–Crippen MR) is 76.5 cm³/mol. The second kappa shape index (κ2) is 5.79. The van der Waals surface area contributed by atoms with Gasteiger partial charge in [-0.15, -0.1) is 0 Å². The quantitative estimate of drug-likeness (QED) is 0.896. The van der Waals surface area contributed by atoms with Crippen LogP contribution in [0.5, 0.6) is 0 Å². The van der Waals surface area contributed by atoms with Crippen LogP contribution >= 0.6 is 23.2 Å². The van der Waals surface area contributed by atoms with Crippen molar-refractivity contribution in [3.63, 3.8) is 0 Å². The summed E-state index contributed by atoms with van der Waals surface area (Å²) in [6.07, 6.45) is 2.26. The summed E-state index contributed by atoms with van der Waals surface area (Å²) >= 11 is 12.1. The number of hydrogen-bond donors (Lipinski definition) is 1. The highest BCUT2D eigenvalue weighted by molar-refractivity contribution is 6.35. The van der Waals surface area contributed by atoms with Crippen molar-refractivity contribution in [3.05, 3.63) is 33.8 Å². The summed E-state index contributed by atoms with van der Waals surface area (Å²) in [6, 6.07) is 5.81. The summed E-state index contributed by atoms with van der Waals surface area (Å²) < 4.78 is 5.76. The van der Waals surface area contributed by atoms with Gasteiger partial charge in [0.15, 0.2) is 0 Å². The van der Waals surface area contributed by atoms with Gasteiger partial charge in [0.2, 0.25) is 0 Å². The first-order valence-corrected chi connectivity index (χ1v) is 7.08. The third-order valence-corrected chi connectivity index (χ3v) is 4.07. The fraction of sp³-hybridized carbons (Fsp3) is 0.571. The molecule has 0 spiro atoms. The molecule has 0 aliphatic carbocycles. The minimum Gasteiger partial charge on any atom is -0.374 e. The number of rotatable bonds is 4. The van der Waals surface area contributed by atoms with Gasteiger partial charge in [0, 0.05) is 29.2 Å². The third-order valence-electron chi connectivity index (χ3n) is 3.51. The lowest BCUT2D eigenvalue weighted by Gasteiger charge is -2.26. The van der Waals surface area contributed by atoms with E-state index in [0.717, 1.165) is 31.6 Å². The molecule has 1 aliphatic rings. The normalized spacial score (nSPS) is 25.3. The van der Waals surface area contributed by atoms with Gasteiger partial charge in [-0.2, -0.15) is 0 Å². The van der Waals surface area contributed by atoms with Gasteiger partial charge < -0.3 is 10.1 Å². The van der Waals surface area contributed by atoms with E-state index in [4.69, 9.17) is 27.9 Å². The van der Waals surface area contributed by atoms with E-state index < -0.39 is 0 Å². The van der Waals surface area contributed by atoms with Crippen LogP contribution in [0.3, 0.4) is 0 Å². The van der Waals surface area contributed by atoms with E-state index in [9.17, 15) is 0 Å². The monoisotopic (exact) mass is 287 g/mol. The third kappa shape index (κ3) is 3.39. The molecule has 4 heteroatoms. The van der Waals surface area contributed by atoms with Crippen LogP contribution in [0.25, 0.3) is 0 Å². The number of benzene rings is 1. The standard InChI is InChI=1S/C14H19Cl2NO/c1-10(12-5-4-11(15)8-13(12)16)17-9-14(2)6-3-7-18-14/h4-5,8,10,17H,3,6-7,9H2,1-2H3. The predicted octanol–water partition coefficient (Wildman–Crippen LogP) is 4.21. The Hall–Kier alpha value is -0.280. The molecule has 0 amide bonds. The Morgan fingerprint density at radius 2 is 2.22 bits per heavy atom. The van der Waals surface area contributed by atoms with Crippen LogP contribution in [0.1, 0.15) is 38.3 Å². The molecule has 2 nitrogen and oxygen atoms in total. The number of nitrogens with one attached hydrogen (secondary N) is 1. The van der Waals surface area contributed by atoms with E-state index in [2.05, 4.69) is 19.2 Å². The summed E-state index contributed by atoms with van der Waals surface area (Å²) in [5.41, 5.74) is 1.04. The lowest BCUT2D eigenvalue weighted by molar-refractivity contribution is 0.0191. The minimum absolute atomic E-state index is 0.0346. The maximum Gasteiger partial charge on any atom is 0.0779 e. The molecule has 1 fully saturated rings. The number of hydrogen-bond acceptors (Lipinski definition) is 2. The number of halogens is 2. The topological polar surface area (TPSA) is 21.3 Å². The fourth-order valence-corrected chi connectivity index (χ4v) is 2.88. The van der Waals surface area contributed by atoms with Gasteiger partial charge >= 0.3 is 0 Å². The second-order valence-corrected chi connectivity index (χ2v) is 6.01. The van der Waals surface area contributed by atoms with E-state index in [-0.39, 0.29) is 11.6 Å². The van der Waals surface area contributed by atoms with Crippen molar-refractivity contribution in [1.82, 2.24) is 5.32 Å². The van der Waals surface area contributed by atoms with Crippen molar-refractivity contribution in [3.8, 4) is 0 Å². The van der Waals surface area contributed by atoms with Crippen LogP contribution in [0.15, 0.2) is 18.2 Å². The first kappa shape index (κ1) is 14.1. The molecule has 2 rings (SSSR count). The first-order valence-electron chi connectivity index (χ1n) is 6.32. The van der Waals surface area contributed by atoms with Gasteiger partial charge in [-0.3, -0.25) is 0 Å². The Balaban J connectivity index is 1.97. The van der Waals surface area contributed by atoms with E-state index in [1.807, 2.05) is 12.1 Å². The molecule has 18 heavy (non-hydrogen) atoms. The summed E-state index contributed by atoms with van der Waals surface area (Å²) in [6.45, 7) is 5.97.